The van der Waals surface area contributed by atoms with Crippen LogP contribution in [0.2, 0.25) is 0 Å². The monoisotopic (exact) mass is 453 g/mol. The van der Waals surface area contributed by atoms with Crippen LogP contribution in [0.5, 0.6) is 0 Å². The van der Waals surface area contributed by atoms with Crippen LogP contribution in [-0.4, -0.2) is 68.5 Å². The summed E-state index contributed by atoms with van der Waals surface area (Å²) in [6, 6.07) is 2.95. The Labute approximate surface area is 190 Å². The molecule has 2 saturated carbocycles. The highest BCUT2D eigenvalue weighted by Gasteiger charge is 2.56. The Bertz CT molecular complexity index is 1140. The average Bonchev–Trinajstić information content (AvgIpc) is 3.15. The van der Waals surface area contributed by atoms with E-state index in [9.17, 15) is 19.2 Å². The lowest BCUT2D eigenvalue weighted by atomic mass is 10.1. The summed E-state index contributed by atoms with van der Waals surface area (Å²) in [5.74, 6) is -0.650. The summed E-state index contributed by atoms with van der Waals surface area (Å²) in [5.41, 5.74) is 0.760. The molecule has 10 heteroatoms. The summed E-state index contributed by atoms with van der Waals surface area (Å²) in [5, 5.41) is 8.00. The van der Waals surface area contributed by atoms with Gasteiger partial charge in [0.15, 0.2) is 11.4 Å². The molecular weight excluding hydrogens is 426 g/mol. The molecule has 33 heavy (non-hydrogen) atoms. The number of amides is 2. The quantitative estimate of drug-likeness (QED) is 0.513. The van der Waals surface area contributed by atoms with Crippen LogP contribution in [0.1, 0.15) is 49.5 Å². The van der Waals surface area contributed by atoms with E-state index >= 15 is 0 Å². The molecule has 0 radical (unpaired) electrons. The third-order valence-corrected chi connectivity index (χ3v) is 7.13. The van der Waals surface area contributed by atoms with Crippen molar-refractivity contribution in [3.63, 3.8) is 0 Å². The van der Waals surface area contributed by atoms with Gasteiger partial charge < -0.3 is 15.0 Å². The van der Waals surface area contributed by atoms with Crippen molar-refractivity contribution in [2.24, 2.45) is 11.8 Å². The lowest BCUT2D eigenvalue weighted by Crippen LogP contribution is -2.50. The number of carbonyl (C=O) groups excluding carboxylic acids is 4. The van der Waals surface area contributed by atoms with Crippen molar-refractivity contribution < 1.29 is 23.9 Å². The summed E-state index contributed by atoms with van der Waals surface area (Å²) < 4.78 is 6.28. The van der Waals surface area contributed by atoms with Crippen LogP contribution in [0.3, 0.4) is 0 Å². The third-order valence-electron chi connectivity index (χ3n) is 7.13. The lowest BCUT2D eigenvalue weighted by Gasteiger charge is -2.28. The molecule has 3 aliphatic rings. The fourth-order valence-electron chi connectivity index (χ4n) is 5.43. The second-order valence-corrected chi connectivity index (χ2v) is 9.29. The predicted molar refractivity (Wildman–Crippen MR) is 116 cm³/mol. The largest absolute Gasteiger partial charge is 0.469 e. The molecule has 0 aromatic carbocycles. The molecule has 2 amide bonds. The van der Waals surface area contributed by atoms with Gasteiger partial charge in [0.2, 0.25) is 11.8 Å². The molecular formula is C23H27N5O5. The van der Waals surface area contributed by atoms with Gasteiger partial charge >= 0.3 is 5.97 Å². The summed E-state index contributed by atoms with van der Waals surface area (Å²) in [7, 11) is 1.38. The van der Waals surface area contributed by atoms with Gasteiger partial charge in [-0.25, -0.2) is 9.67 Å². The molecule has 2 aliphatic carbocycles. The summed E-state index contributed by atoms with van der Waals surface area (Å²) in [4.78, 5) is 56.2. The van der Waals surface area contributed by atoms with Crippen LogP contribution in [0.4, 0.5) is 0 Å². The molecule has 3 heterocycles. The first kappa shape index (κ1) is 21.5. The van der Waals surface area contributed by atoms with Gasteiger partial charge in [-0.1, -0.05) is 0 Å². The number of nitrogens with zero attached hydrogens (tertiary/aromatic N) is 4. The predicted octanol–water partition coefficient (Wildman–Crippen LogP) is 1.08. The standard InChI is InChI=1S/C23H27N5O5/c1-12(29)20-16-4-3-7-24-21(16)27(26-20)11-19(30)28-17-9-14(17)10-18(28)22(31)25-15-6-5-13(8-15)23(32)33-2/h3-4,7,13-15,17-18H,5-6,8-11H2,1-2H3,(H,25,31)/t13-,14-,15+,17-,18?/m1/s1. The van der Waals surface area contributed by atoms with Crippen molar-refractivity contribution in [3.05, 3.63) is 24.0 Å². The summed E-state index contributed by atoms with van der Waals surface area (Å²) in [6.45, 7) is 1.35. The fourth-order valence-corrected chi connectivity index (χ4v) is 5.43. The number of esters is 1. The van der Waals surface area contributed by atoms with E-state index in [2.05, 4.69) is 15.4 Å². The van der Waals surface area contributed by atoms with E-state index in [-0.39, 0.29) is 53.8 Å². The number of piperidine rings is 1. The molecule has 1 aliphatic heterocycles. The van der Waals surface area contributed by atoms with Crippen LogP contribution < -0.4 is 5.32 Å². The van der Waals surface area contributed by atoms with Crippen LogP contribution in [-0.2, 0) is 25.7 Å². The van der Waals surface area contributed by atoms with E-state index in [0.29, 0.717) is 36.2 Å². The van der Waals surface area contributed by atoms with Gasteiger partial charge in [-0.15, -0.1) is 0 Å². The van der Waals surface area contributed by atoms with Crippen molar-refractivity contribution in [3.8, 4) is 0 Å². The zero-order valence-electron chi connectivity index (χ0n) is 18.7. The Hall–Kier alpha value is -3.30. The topological polar surface area (TPSA) is 123 Å². The van der Waals surface area contributed by atoms with Gasteiger partial charge in [0.25, 0.3) is 0 Å². The molecule has 0 bridgehead atoms. The number of methoxy groups -OCH3 is 1. The highest BCUT2D eigenvalue weighted by atomic mass is 16.5. The molecule has 1 saturated heterocycles. The van der Waals surface area contributed by atoms with Crippen LogP contribution in [0, 0.1) is 11.8 Å². The van der Waals surface area contributed by atoms with E-state index in [0.717, 1.165) is 12.8 Å². The number of ether oxygens (including phenoxy) is 1. The van der Waals surface area contributed by atoms with Crippen molar-refractivity contribution in [2.75, 3.05) is 7.11 Å². The van der Waals surface area contributed by atoms with E-state index in [1.54, 1.807) is 23.2 Å². The highest BCUT2D eigenvalue weighted by molar-refractivity contribution is 6.04. The number of aromatic nitrogens is 3. The minimum Gasteiger partial charge on any atom is -0.469 e. The molecule has 2 aromatic rings. The maximum atomic E-state index is 13.3. The molecule has 174 valence electrons. The number of likely N-dealkylation sites (tertiary alicyclic amines) is 1. The number of nitrogens with one attached hydrogen (secondary N) is 1. The first-order valence-corrected chi connectivity index (χ1v) is 11.4. The minimum absolute atomic E-state index is 0.0710. The zero-order valence-corrected chi connectivity index (χ0v) is 18.7. The Morgan fingerprint density at radius 3 is 2.76 bits per heavy atom. The molecule has 0 spiro atoms. The van der Waals surface area contributed by atoms with Gasteiger partial charge in [0.05, 0.1) is 18.4 Å². The van der Waals surface area contributed by atoms with E-state index in [4.69, 9.17) is 4.74 Å². The second-order valence-electron chi connectivity index (χ2n) is 9.29. The van der Waals surface area contributed by atoms with Gasteiger partial charge in [0.1, 0.15) is 18.3 Å². The highest BCUT2D eigenvalue weighted by Crippen LogP contribution is 2.48. The number of pyridine rings is 1. The molecule has 2 aromatic heterocycles. The smallest absolute Gasteiger partial charge is 0.308 e. The fraction of sp³-hybridized carbons (Fsp3) is 0.565. The number of fused-ring (bicyclic) bond motifs is 2. The van der Waals surface area contributed by atoms with Crippen LogP contribution in [0.15, 0.2) is 18.3 Å². The van der Waals surface area contributed by atoms with Crippen molar-refractivity contribution in [1.29, 1.82) is 0 Å². The van der Waals surface area contributed by atoms with Crippen LogP contribution >= 0.6 is 0 Å². The van der Waals surface area contributed by atoms with E-state index < -0.39 is 6.04 Å². The average molecular weight is 453 g/mol. The zero-order chi connectivity index (χ0) is 23.3. The number of ketones is 1. The molecule has 5 atom stereocenters. The molecule has 3 fully saturated rings. The molecule has 10 nitrogen and oxygen atoms in total. The third kappa shape index (κ3) is 3.87. The van der Waals surface area contributed by atoms with Crippen molar-refractivity contribution >= 4 is 34.6 Å². The number of hydrogen-bond donors (Lipinski definition) is 1. The molecule has 1 N–H and O–H groups in total. The van der Waals surface area contributed by atoms with Gasteiger partial charge in [-0.3, -0.25) is 19.2 Å². The Balaban J connectivity index is 1.29. The Morgan fingerprint density at radius 1 is 1.18 bits per heavy atom. The number of carbonyl (C=O) groups is 4. The van der Waals surface area contributed by atoms with Crippen LogP contribution in [0.25, 0.3) is 11.0 Å². The lowest BCUT2D eigenvalue weighted by molar-refractivity contribution is -0.145. The van der Waals surface area contributed by atoms with Gasteiger partial charge in [-0.05, 0) is 50.2 Å². The normalized spacial score (nSPS) is 27.9. The van der Waals surface area contributed by atoms with Gasteiger partial charge in [0, 0.05) is 25.2 Å². The Morgan fingerprint density at radius 2 is 2.00 bits per heavy atom. The number of rotatable bonds is 6. The number of Topliss-reactive ketones (excluding diaryl/α,β-unsaturated/α-hetero) is 1. The van der Waals surface area contributed by atoms with E-state index in [1.165, 1.54) is 18.7 Å². The summed E-state index contributed by atoms with van der Waals surface area (Å²) in [6.07, 6.45) is 5.12. The van der Waals surface area contributed by atoms with Crippen molar-refractivity contribution in [2.45, 2.75) is 63.7 Å². The summed E-state index contributed by atoms with van der Waals surface area (Å²) >= 11 is 0. The second kappa shape index (κ2) is 8.24. The molecule has 5 rings (SSSR count). The Kier molecular flexibility index (Phi) is 5.38. The van der Waals surface area contributed by atoms with Gasteiger partial charge in [-0.2, -0.15) is 5.10 Å². The number of hydrogen-bond acceptors (Lipinski definition) is 7. The van der Waals surface area contributed by atoms with Crippen molar-refractivity contribution in [1.82, 2.24) is 25.0 Å². The minimum atomic E-state index is -0.527. The first-order valence-electron chi connectivity index (χ1n) is 11.4. The SMILES string of the molecule is COC(=O)[C@@H]1CC[C@H](NC(=O)C2C[C@H]3C[C@H]3N2C(=O)Cn2nc(C(C)=O)c3cccnc32)C1. The maximum Gasteiger partial charge on any atom is 0.308 e. The van der Waals surface area contributed by atoms with E-state index in [1.807, 2.05) is 0 Å². The molecule has 1 unspecified atom stereocenters. The first-order chi connectivity index (χ1) is 15.9. The maximum absolute atomic E-state index is 13.3.